The fourth-order valence-corrected chi connectivity index (χ4v) is 4.41. The van der Waals surface area contributed by atoms with Gasteiger partial charge in [0.1, 0.15) is 0 Å². The van der Waals surface area contributed by atoms with E-state index in [0.29, 0.717) is 16.1 Å². The third-order valence-corrected chi connectivity index (χ3v) is 6.36. The summed E-state index contributed by atoms with van der Waals surface area (Å²) in [5, 5.41) is 3.98. The van der Waals surface area contributed by atoms with Crippen molar-refractivity contribution in [3.63, 3.8) is 0 Å². The van der Waals surface area contributed by atoms with E-state index in [1.807, 2.05) is 61.5 Å². The maximum atomic E-state index is 13.3. The Morgan fingerprint density at radius 2 is 1.73 bits per heavy atom. The molecule has 33 heavy (non-hydrogen) atoms. The molecule has 6 heteroatoms. The van der Waals surface area contributed by atoms with Crippen molar-refractivity contribution in [2.75, 3.05) is 11.1 Å². The maximum Gasteiger partial charge on any atom is 0.266 e. The van der Waals surface area contributed by atoms with Crippen molar-refractivity contribution in [1.29, 1.82) is 0 Å². The lowest BCUT2D eigenvalue weighted by molar-refractivity contribution is -0.113. The van der Waals surface area contributed by atoms with Gasteiger partial charge in [-0.1, -0.05) is 67.1 Å². The Labute approximate surface area is 197 Å². The Bertz CT molecular complexity index is 1310. The summed E-state index contributed by atoms with van der Waals surface area (Å²) in [5.41, 5.74) is 4.35. The van der Waals surface area contributed by atoms with Crippen molar-refractivity contribution < 1.29 is 4.79 Å². The topological polar surface area (TPSA) is 64.0 Å². The summed E-state index contributed by atoms with van der Waals surface area (Å²) in [7, 11) is 0. The summed E-state index contributed by atoms with van der Waals surface area (Å²) in [6.45, 7) is 4.18. The number of nitrogens with one attached hydrogen (secondary N) is 1. The highest BCUT2D eigenvalue weighted by atomic mass is 32.2. The van der Waals surface area contributed by atoms with Crippen LogP contribution in [0.5, 0.6) is 0 Å². The normalized spacial score (nSPS) is 11.0. The monoisotopic (exact) mass is 457 g/mol. The van der Waals surface area contributed by atoms with Crippen molar-refractivity contribution >= 4 is 34.3 Å². The smallest absolute Gasteiger partial charge is 0.266 e. The molecule has 4 aromatic rings. The Hall–Kier alpha value is -3.38. The number of rotatable bonds is 8. The molecule has 0 aliphatic carbocycles. The van der Waals surface area contributed by atoms with Crippen LogP contribution in [0.2, 0.25) is 0 Å². The van der Waals surface area contributed by atoms with Gasteiger partial charge in [0, 0.05) is 5.69 Å². The predicted octanol–water partition coefficient (Wildman–Crippen LogP) is 5.77. The van der Waals surface area contributed by atoms with Gasteiger partial charge in [-0.3, -0.25) is 14.2 Å². The van der Waals surface area contributed by atoms with Crippen LogP contribution in [0.25, 0.3) is 16.6 Å². The van der Waals surface area contributed by atoms with Gasteiger partial charge in [0.15, 0.2) is 5.16 Å². The van der Waals surface area contributed by atoms with E-state index in [9.17, 15) is 9.59 Å². The third kappa shape index (κ3) is 5.52. The molecule has 0 aliphatic rings. The molecule has 3 aromatic carbocycles. The van der Waals surface area contributed by atoms with Crippen molar-refractivity contribution in [2.24, 2.45) is 0 Å². The lowest BCUT2D eigenvalue weighted by atomic mass is 10.1. The van der Waals surface area contributed by atoms with Gasteiger partial charge in [-0.05, 0) is 61.7 Å². The average Bonchev–Trinajstić information content (AvgIpc) is 2.83. The second-order valence-corrected chi connectivity index (χ2v) is 8.97. The van der Waals surface area contributed by atoms with Gasteiger partial charge >= 0.3 is 0 Å². The van der Waals surface area contributed by atoms with Crippen LogP contribution in [0.4, 0.5) is 5.69 Å². The van der Waals surface area contributed by atoms with E-state index in [1.165, 1.54) is 17.3 Å². The number of unbranched alkanes of at least 4 members (excludes halogenated alkanes) is 1. The summed E-state index contributed by atoms with van der Waals surface area (Å²) < 4.78 is 1.59. The number of thioether (sulfide) groups is 1. The summed E-state index contributed by atoms with van der Waals surface area (Å²) >= 11 is 1.26. The minimum Gasteiger partial charge on any atom is -0.325 e. The molecular weight excluding hydrogens is 430 g/mol. The summed E-state index contributed by atoms with van der Waals surface area (Å²) in [6, 6.07) is 23.0. The molecule has 1 amide bonds. The predicted molar refractivity (Wildman–Crippen MR) is 136 cm³/mol. The number of hydrogen-bond acceptors (Lipinski definition) is 4. The van der Waals surface area contributed by atoms with E-state index in [2.05, 4.69) is 24.4 Å². The van der Waals surface area contributed by atoms with Gasteiger partial charge in [-0.15, -0.1) is 0 Å². The number of anilines is 1. The van der Waals surface area contributed by atoms with Crippen molar-refractivity contribution in [1.82, 2.24) is 9.55 Å². The van der Waals surface area contributed by atoms with E-state index < -0.39 is 0 Å². The summed E-state index contributed by atoms with van der Waals surface area (Å²) in [6.07, 6.45) is 3.36. The van der Waals surface area contributed by atoms with Crippen LogP contribution in [0.3, 0.4) is 0 Å². The highest BCUT2D eigenvalue weighted by Crippen LogP contribution is 2.22. The first-order chi connectivity index (χ1) is 16.0. The highest BCUT2D eigenvalue weighted by molar-refractivity contribution is 7.99. The van der Waals surface area contributed by atoms with Crippen LogP contribution in [0.15, 0.2) is 82.7 Å². The number of carbonyl (C=O) groups excluding carboxylic acids is 1. The fraction of sp³-hybridized carbons (Fsp3) is 0.222. The molecule has 0 aliphatic heterocycles. The largest absolute Gasteiger partial charge is 0.325 e. The average molecular weight is 458 g/mol. The molecule has 5 nitrogen and oxygen atoms in total. The Morgan fingerprint density at radius 3 is 2.45 bits per heavy atom. The molecule has 0 bridgehead atoms. The molecule has 0 saturated heterocycles. The molecule has 1 aromatic heterocycles. The molecule has 1 N–H and O–H groups in total. The van der Waals surface area contributed by atoms with E-state index in [-0.39, 0.29) is 17.2 Å². The SMILES string of the molecule is CCCCc1ccc(NC(=O)CSc2nc3ccccc3c(=O)n2-c2ccc(C)cc2)cc1. The number of carbonyl (C=O) groups is 1. The molecule has 0 spiro atoms. The van der Waals surface area contributed by atoms with Crippen LogP contribution in [0.1, 0.15) is 30.9 Å². The first kappa shape index (κ1) is 22.8. The zero-order chi connectivity index (χ0) is 23.2. The first-order valence-corrected chi connectivity index (χ1v) is 12.1. The molecule has 1 heterocycles. The molecule has 0 atom stereocenters. The third-order valence-electron chi connectivity index (χ3n) is 5.43. The molecular formula is C27H27N3O2S. The molecule has 0 unspecified atom stereocenters. The standard InChI is InChI=1S/C27H27N3O2S/c1-3-4-7-20-12-14-21(15-13-20)28-25(31)18-33-27-29-24-9-6-5-8-23(24)26(32)30(27)22-16-10-19(2)11-17-22/h5-6,8-17H,3-4,7,18H2,1-2H3,(H,28,31). The lowest BCUT2D eigenvalue weighted by Gasteiger charge is -2.13. The lowest BCUT2D eigenvalue weighted by Crippen LogP contribution is -2.23. The van der Waals surface area contributed by atoms with E-state index in [0.717, 1.165) is 36.2 Å². The fourth-order valence-electron chi connectivity index (χ4n) is 3.59. The van der Waals surface area contributed by atoms with Gasteiger partial charge in [0.25, 0.3) is 5.56 Å². The zero-order valence-electron chi connectivity index (χ0n) is 18.9. The van der Waals surface area contributed by atoms with Crippen LogP contribution < -0.4 is 10.9 Å². The summed E-state index contributed by atoms with van der Waals surface area (Å²) in [4.78, 5) is 30.6. The maximum absolute atomic E-state index is 13.3. The molecule has 0 fully saturated rings. The van der Waals surface area contributed by atoms with Crippen molar-refractivity contribution in [2.45, 2.75) is 38.3 Å². The van der Waals surface area contributed by atoms with Gasteiger partial charge < -0.3 is 5.32 Å². The number of hydrogen-bond donors (Lipinski definition) is 1. The van der Waals surface area contributed by atoms with E-state index in [1.54, 1.807) is 10.6 Å². The number of benzene rings is 3. The summed E-state index contributed by atoms with van der Waals surface area (Å²) in [5.74, 6) is 0.00740. The number of aromatic nitrogens is 2. The van der Waals surface area contributed by atoms with E-state index >= 15 is 0 Å². The van der Waals surface area contributed by atoms with Crippen LogP contribution >= 0.6 is 11.8 Å². The second-order valence-electron chi connectivity index (χ2n) is 8.02. The number of amides is 1. The first-order valence-electron chi connectivity index (χ1n) is 11.2. The zero-order valence-corrected chi connectivity index (χ0v) is 19.7. The molecule has 0 radical (unpaired) electrons. The molecule has 168 valence electrons. The van der Waals surface area contributed by atoms with Crippen molar-refractivity contribution in [3.8, 4) is 5.69 Å². The highest BCUT2D eigenvalue weighted by Gasteiger charge is 2.15. The van der Waals surface area contributed by atoms with Gasteiger partial charge in [-0.25, -0.2) is 4.98 Å². The number of nitrogens with zero attached hydrogens (tertiary/aromatic N) is 2. The van der Waals surface area contributed by atoms with Crippen LogP contribution in [-0.2, 0) is 11.2 Å². The van der Waals surface area contributed by atoms with Crippen LogP contribution in [-0.4, -0.2) is 21.2 Å². The number of aryl methyl sites for hydroxylation is 2. The van der Waals surface area contributed by atoms with Gasteiger partial charge in [0.2, 0.25) is 5.91 Å². The van der Waals surface area contributed by atoms with Gasteiger partial charge in [0.05, 0.1) is 22.3 Å². The quantitative estimate of drug-likeness (QED) is 0.270. The Kier molecular flexibility index (Phi) is 7.25. The minimum atomic E-state index is -0.143. The Balaban J connectivity index is 1.55. The number of para-hydroxylation sites is 1. The molecule has 4 rings (SSSR count). The van der Waals surface area contributed by atoms with Gasteiger partial charge in [-0.2, -0.15) is 0 Å². The second kappa shape index (κ2) is 10.5. The Morgan fingerprint density at radius 1 is 1.00 bits per heavy atom. The minimum absolute atomic E-state index is 0.140. The number of fused-ring (bicyclic) bond motifs is 1. The van der Waals surface area contributed by atoms with E-state index in [4.69, 9.17) is 4.98 Å². The molecule has 0 saturated carbocycles. The van der Waals surface area contributed by atoms with Crippen molar-refractivity contribution in [3.05, 3.63) is 94.3 Å². The van der Waals surface area contributed by atoms with Crippen LogP contribution in [0, 0.1) is 6.92 Å².